The first-order valence-electron chi connectivity index (χ1n) is 23.6. The van der Waals surface area contributed by atoms with Crippen LogP contribution in [0.3, 0.4) is 0 Å². The fraction of sp³-hybridized carbons (Fsp3) is 0.0154. The lowest BCUT2D eigenvalue weighted by Crippen LogP contribution is -2.01. The molecule has 0 unspecified atom stereocenters. The molecule has 0 fully saturated rings. The van der Waals surface area contributed by atoms with Gasteiger partial charge in [-0.3, -0.25) is 9.13 Å². The highest BCUT2D eigenvalue weighted by Gasteiger charge is 2.28. The number of aromatic nitrogens is 4. The molecule has 5 heteroatoms. The van der Waals surface area contributed by atoms with Crippen LogP contribution in [0.5, 0.6) is 0 Å². The van der Waals surface area contributed by atoms with Gasteiger partial charge in [0.25, 0.3) is 0 Å². The van der Waals surface area contributed by atoms with Crippen molar-refractivity contribution in [3.8, 4) is 79.2 Å². The summed E-state index contributed by atoms with van der Waals surface area (Å²) in [6.45, 7) is 0. The van der Waals surface area contributed by atoms with Crippen molar-refractivity contribution >= 4 is 43.1 Å². The molecule has 0 aliphatic rings. The minimum absolute atomic E-state index is 0. The summed E-state index contributed by atoms with van der Waals surface area (Å²) in [5.41, 5.74) is 12.3. The van der Waals surface area contributed by atoms with Crippen molar-refractivity contribution in [2.24, 2.45) is 0 Å². The van der Waals surface area contributed by atoms with Gasteiger partial charge in [-0.2, -0.15) is 7.11 Å². The number of nitrogens with zero attached hydrogens (tertiary/aromatic N) is 4. The average molecular weight is 899 g/mol. The molecule has 2 heterocycles. The normalized spacial score (nSPS) is 11.3. The first-order chi connectivity index (χ1) is 34.8. The van der Waals surface area contributed by atoms with Crippen molar-refractivity contribution in [2.45, 2.75) is 0 Å². The average Bonchev–Trinajstić information content (AvgIpc) is 4.03. The van der Waals surface area contributed by atoms with Crippen LogP contribution in [0.25, 0.3) is 122 Å². The van der Waals surface area contributed by atoms with E-state index in [1.807, 2.05) is 0 Å². The molecule has 0 saturated carbocycles. The van der Waals surface area contributed by atoms with Crippen molar-refractivity contribution in [1.29, 1.82) is 0 Å². The highest BCUT2D eigenvalue weighted by atomic mass is 16.2. The summed E-state index contributed by atoms with van der Waals surface area (Å²) in [5.74, 6) is 1.78. The Kier molecular flexibility index (Phi) is 10.9. The third kappa shape index (κ3) is 7.24. The Morgan fingerprint density at radius 3 is 0.943 bits per heavy atom. The van der Waals surface area contributed by atoms with Gasteiger partial charge in [0, 0.05) is 44.8 Å². The van der Waals surface area contributed by atoms with E-state index >= 15 is 0 Å². The molecule has 0 N–H and O–H groups in total. The topological polar surface area (TPSA) is 58.7 Å². The molecule has 0 radical (unpaired) electrons. The molecular formula is C65H46N4O. The maximum Gasteiger partial charge on any atom is 1.00 e. The van der Waals surface area contributed by atoms with Crippen LogP contribution in [0.2, 0.25) is 0 Å². The second-order valence-corrected chi connectivity index (χ2v) is 17.3. The van der Waals surface area contributed by atoms with Crippen LogP contribution in [0, 0.1) is 0 Å². The molecular weight excluding hydrogens is 853 g/mol. The van der Waals surface area contributed by atoms with Crippen LogP contribution in [-0.2, 0) is 0 Å². The molecule has 2 aromatic heterocycles. The van der Waals surface area contributed by atoms with Gasteiger partial charge in [-0.25, -0.2) is 9.97 Å². The highest BCUT2D eigenvalue weighted by Crippen LogP contribution is 2.46. The van der Waals surface area contributed by atoms with E-state index in [9.17, 15) is 0 Å². The van der Waals surface area contributed by atoms with Crippen LogP contribution in [-0.4, -0.2) is 26.2 Å². The molecule has 13 rings (SSSR count). The van der Waals surface area contributed by atoms with Gasteiger partial charge in [-0.05, 0) is 79.5 Å². The number of para-hydroxylation sites is 2. The lowest BCUT2D eigenvalue weighted by Gasteiger charge is -2.17. The Bertz CT molecular complexity index is 3890. The van der Waals surface area contributed by atoms with E-state index in [2.05, 4.69) is 264 Å². The third-order valence-electron chi connectivity index (χ3n) is 13.3. The summed E-state index contributed by atoms with van der Waals surface area (Å²) < 4.78 is 4.74. The van der Waals surface area contributed by atoms with Gasteiger partial charge in [0.2, 0.25) is 0 Å². The second-order valence-electron chi connectivity index (χ2n) is 17.3. The summed E-state index contributed by atoms with van der Waals surface area (Å²) in [5, 5.41) is 17.6. The molecule has 0 bridgehead atoms. The van der Waals surface area contributed by atoms with Crippen LogP contribution in [0.1, 0.15) is 1.43 Å². The Hall–Kier alpha value is -9.16. The molecule has 70 heavy (non-hydrogen) atoms. The number of fused-ring (bicyclic) bond motifs is 4. The summed E-state index contributed by atoms with van der Waals surface area (Å²) in [6, 6.07) is 91.0. The van der Waals surface area contributed by atoms with E-state index in [-0.39, 0.29) is 1.43 Å². The molecule has 0 amide bonds. The number of rotatable bonds is 8. The summed E-state index contributed by atoms with van der Waals surface area (Å²) in [7, 11) is 0.750. The molecule has 5 nitrogen and oxygen atoms in total. The first kappa shape index (κ1) is 42.2. The maximum atomic E-state index is 8.25. The number of benzene rings is 11. The van der Waals surface area contributed by atoms with Gasteiger partial charge in [-0.15, -0.1) is 0 Å². The number of imidazole rings is 2. The Labute approximate surface area is 408 Å². The Balaban J connectivity index is 0.00000180. The van der Waals surface area contributed by atoms with Gasteiger partial charge in [0.1, 0.15) is 11.6 Å². The second kappa shape index (κ2) is 18.1. The monoisotopic (exact) mass is 898 g/mol. The molecule has 13 aromatic rings. The third-order valence-corrected chi connectivity index (χ3v) is 13.3. The molecule has 0 saturated heterocycles. The lowest BCUT2D eigenvalue weighted by atomic mass is 9.96. The van der Waals surface area contributed by atoms with Gasteiger partial charge >= 0.3 is 1.43 Å². The largest absolute Gasteiger partial charge is 1.00 e. The fourth-order valence-electron chi connectivity index (χ4n) is 10.3. The summed E-state index contributed by atoms with van der Waals surface area (Å²) in [6.07, 6.45) is 0. The van der Waals surface area contributed by atoms with Crippen LogP contribution in [0.4, 0.5) is 0 Å². The zero-order chi connectivity index (χ0) is 47.0. The minimum Gasteiger partial charge on any atom is -0.857 e. The Morgan fingerprint density at radius 2 is 0.571 bits per heavy atom. The van der Waals surface area contributed by atoms with E-state index < -0.39 is 0 Å². The highest BCUT2D eigenvalue weighted by molar-refractivity contribution is 6.14. The van der Waals surface area contributed by atoms with Crippen LogP contribution >= 0.6 is 0 Å². The van der Waals surface area contributed by atoms with Crippen LogP contribution in [0.15, 0.2) is 255 Å². The van der Waals surface area contributed by atoms with E-state index in [1.165, 1.54) is 21.5 Å². The summed E-state index contributed by atoms with van der Waals surface area (Å²) >= 11 is 0. The van der Waals surface area contributed by atoms with Crippen molar-refractivity contribution in [3.05, 3.63) is 255 Å². The molecule has 332 valence electrons. The number of hydrogen-bond donors (Lipinski definition) is 0. The molecule has 11 aromatic carbocycles. The van der Waals surface area contributed by atoms with Gasteiger partial charge in [-0.1, -0.05) is 218 Å². The van der Waals surface area contributed by atoms with Crippen molar-refractivity contribution in [1.82, 2.24) is 19.1 Å². The molecule has 0 spiro atoms. The van der Waals surface area contributed by atoms with Crippen molar-refractivity contribution in [2.75, 3.05) is 7.11 Å². The lowest BCUT2D eigenvalue weighted by molar-refractivity contribution is -0.325. The van der Waals surface area contributed by atoms with Gasteiger partial charge < -0.3 is 5.11 Å². The molecule has 0 aliphatic carbocycles. The number of hydrogen-bond acceptors (Lipinski definition) is 3. The predicted octanol–water partition coefficient (Wildman–Crippen LogP) is 15.8. The molecule has 0 atom stereocenters. The van der Waals surface area contributed by atoms with E-state index in [1.54, 1.807) is 0 Å². The summed E-state index contributed by atoms with van der Waals surface area (Å²) in [4.78, 5) is 11.5. The minimum atomic E-state index is 0. The first-order valence-corrected chi connectivity index (χ1v) is 23.6. The standard InChI is InChI=1S/C64H42N4.CH3O/c1-5-21-43(22-6-1)59-62(68(52-31-11-4-12-32-52)63(65-59)57-53-33-17-13-25-47(53)41-48-26-14-18-34-54(48)57)46-39-37-44(38-40-46)60-61(45-23-7-2-8-24-45)67(51-29-9-3-10-30-51)64(66-60)58-55-35-19-15-27-49(55)42-50-28-16-20-36-56(50)58;1-2/h1-42H;1H3/q;-1/p+1. The van der Waals surface area contributed by atoms with Crippen LogP contribution < -0.4 is 5.11 Å². The van der Waals surface area contributed by atoms with E-state index in [4.69, 9.17) is 15.1 Å². The quantitative estimate of drug-likeness (QED) is 0.143. The smallest absolute Gasteiger partial charge is 0.857 e. The Morgan fingerprint density at radius 1 is 0.300 bits per heavy atom. The molecule has 0 aliphatic heterocycles. The van der Waals surface area contributed by atoms with E-state index in [0.29, 0.717) is 0 Å². The predicted molar refractivity (Wildman–Crippen MR) is 290 cm³/mol. The SMILES string of the molecule is C[O-].[H+].c1ccc(-c2nc(-c3c4ccccc4cc4ccccc34)n(-c3ccccc3)c2-c2ccc(-c3nc(-c4c5ccccc5cc5ccccc45)n(-c4ccccc4)c3-c3ccccc3)cc2)cc1. The van der Waals surface area contributed by atoms with Crippen molar-refractivity contribution < 1.29 is 6.53 Å². The van der Waals surface area contributed by atoms with E-state index in [0.717, 1.165) is 108 Å². The van der Waals surface area contributed by atoms with Gasteiger partial charge in [0.15, 0.2) is 0 Å². The zero-order valence-corrected chi connectivity index (χ0v) is 38.4. The van der Waals surface area contributed by atoms with Gasteiger partial charge in [0.05, 0.1) is 22.8 Å². The fourth-order valence-corrected chi connectivity index (χ4v) is 10.3. The zero-order valence-electron chi connectivity index (χ0n) is 39.4. The maximum absolute atomic E-state index is 8.25. The van der Waals surface area contributed by atoms with Crippen molar-refractivity contribution in [3.63, 3.8) is 0 Å².